The summed E-state index contributed by atoms with van der Waals surface area (Å²) < 4.78 is 5.16. The minimum atomic E-state index is -1.78. The van der Waals surface area contributed by atoms with Crippen molar-refractivity contribution >= 4 is 23.2 Å². The molecule has 0 aromatic heterocycles. The van der Waals surface area contributed by atoms with Gasteiger partial charge in [0.05, 0.1) is 12.8 Å². The number of hydrogen-bond donors (Lipinski definition) is 0. The normalized spacial score (nSPS) is 12.4. The number of benzene rings is 3. The average molecular weight is 387 g/mol. The lowest BCUT2D eigenvalue weighted by Crippen LogP contribution is -2.32. The number of allylic oxidation sites excluding steroid dienone is 3. The van der Waals surface area contributed by atoms with Gasteiger partial charge in [0.15, 0.2) is 0 Å². The van der Waals surface area contributed by atoms with Gasteiger partial charge in [0.2, 0.25) is 0 Å². The van der Waals surface area contributed by atoms with Crippen LogP contribution in [0.25, 0.3) is 0 Å². The molecule has 0 spiro atoms. The van der Waals surface area contributed by atoms with E-state index in [0.717, 1.165) is 6.16 Å². The molecule has 0 aliphatic rings. The SMILES string of the molecule is COC/C=C(C)/C=C/C[P+](c1ccccc1)(c1ccccc1)c1ccccc1. The van der Waals surface area contributed by atoms with Crippen LogP contribution in [0.2, 0.25) is 0 Å². The Balaban J connectivity index is 2.13. The highest BCUT2D eigenvalue weighted by Crippen LogP contribution is 2.55. The second kappa shape index (κ2) is 10.2. The fourth-order valence-corrected chi connectivity index (χ4v) is 7.48. The topological polar surface area (TPSA) is 9.23 Å². The minimum Gasteiger partial charge on any atom is -0.381 e. The Hall–Kier alpha value is -2.47. The monoisotopic (exact) mass is 387 g/mol. The van der Waals surface area contributed by atoms with Crippen molar-refractivity contribution in [3.05, 3.63) is 115 Å². The summed E-state index contributed by atoms with van der Waals surface area (Å²) in [5.74, 6) is 0. The van der Waals surface area contributed by atoms with E-state index in [4.69, 9.17) is 4.74 Å². The van der Waals surface area contributed by atoms with Gasteiger partial charge in [-0.25, -0.2) is 0 Å². The molecular formula is C26H28OP+. The molecule has 3 rings (SSSR count). The van der Waals surface area contributed by atoms with Crippen LogP contribution in [0.5, 0.6) is 0 Å². The lowest BCUT2D eigenvalue weighted by molar-refractivity contribution is 0.233. The van der Waals surface area contributed by atoms with E-state index in [1.54, 1.807) is 7.11 Å². The van der Waals surface area contributed by atoms with Gasteiger partial charge in [-0.3, -0.25) is 0 Å². The maximum absolute atomic E-state index is 5.16. The molecule has 0 heterocycles. The molecule has 0 fully saturated rings. The van der Waals surface area contributed by atoms with Crippen LogP contribution in [-0.4, -0.2) is 19.9 Å². The first-order valence-corrected chi connectivity index (χ1v) is 11.6. The highest BCUT2D eigenvalue weighted by atomic mass is 31.2. The summed E-state index contributed by atoms with van der Waals surface area (Å²) in [6.07, 6.45) is 7.66. The molecule has 0 unspecified atom stereocenters. The molecule has 2 heteroatoms. The van der Waals surface area contributed by atoms with Crippen LogP contribution in [-0.2, 0) is 4.74 Å². The quantitative estimate of drug-likeness (QED) is 0.385. The third-order valence-electron chi connectivity index (χ3n) is 4.92. The van der Waals surface area contributed by atoms with Crippen molar-refractivity contribution in [2.75, 3.05) is 19.9 Å². The van der Waals surface area contributed by atoms with Gasteiger partial charge in [-0.1, -0.05) is 72.3 Å². The molecule has 0 saturated carbocycles. The standard InChI is InChI=1S/C26H28OP/c1-23(20-21-27-2)13-12-22-28(24-14-6-3-7-15-24,25-16-8-4-9-17-25)26-18-10-5-11-19-26/h3-20H,21-22H2,1-2H3/q+1/b13-12+,23-20+. The van der Waals surface area contributed by atoms with Crippen molar-refractivity contribution < 1.29 is 4.74 Å². The van der Waals surface area contributed by atoms with Crippen LogP contribution in [0.1, 0.15) is 6.92 Å². The fraction of sp³-hybridized carbons (Fsp3) is 0.154. The predicted molar refractivity (Wildman–Crippen MR) is 125 cm³/mol. The zero-order chi connectivity index (χ0) is 19.7. The van der Waals surface area contributed by atoms with Gasteiger partial charge in [-0.15, -0.1) is 0 Å². The van der Waals surface area contributed by atoms with Crippen LogP contribution < -0.4 is 15.9 Å². The number of ether oxygens (including phenoxy) is 1. The Morgan fingerprint density at radius 1 is 0.750 bits per heavy atom. The molecule has 0 saturated heterocycles. The lowest BCUT2D eigenvalue weighted by atomic mass is 10.3. The van der Waals surface area contributed by atoms with Crippen LogP contribution in [0.3, 0.4) is 0 Å². The zero-order valence-corrected chi connectivity index (χ0v) is 17.6. The van der Waals surface area contributed by atoms with Gasteiger partial charge in [-0.05, 0) is 49.4 Å². The molecule has 1 nitrogen and oxygen atoms in total. The van der Waals surface area contributed by atoms with E-state index in [2.05, 4.69) is 116 Å². The molecule has 0 radical (unpaired) electrons. The highest BCUT2D eigenvalue weighted by Gasteiger charge is 2.43. The molecule has 0 amide bonds. The van der Waals surface area contributed by atoms with Crippen molar-refractivity contribution in [3.8, 4) is 0 Å². The zero-order valence-electron chi connectivity index (χ0n) is 16.7. The predicted octanol–water partition coefficient (Wildman–Crippen LogP) is 5.13. The summed E-state index contributed by atoms with van der Waals surface area (Å²) in [5, 5.41) is 4.24. The first kappa shape index (κ1) is 20.3. The van der Waals surface area contributed by atoms with Crippen LogP contribution >= 0.6 is 7.26 Å². The van der Waals surface area contributed by atoms with Crippen LogP contribution in [0.4, 0.5) is 0 Å². The molecule has 28 heavy (non-hydrogen) atoms. The van der Waals surface area contributed by atoms with Crippen molar-refractivity contribution in [1.82, 2.24) is 0 Å². The minimum absolute atomic E-state index is 0.645. The molecule has 0 bridgehead atoms. The smallest absolute Gasteiger partial charge is 0.115 e. The molecule has 0 atom stereocenters. The van der Waals surface area contributed by atoms with Crippen molar-refractivity contribution in [3.63, 3.8) is 0 Å². The average Bonchev–Trinajstić information content (AvgIpc) is 2.77. The first-order chi connectivity index (χ1) is 13.8. The van der Waals surface area contributed by atoms with E-state index in [1.165, 1.54) is 21.5 Å². The molecule has 142 valence electrons. The van der Waals surface area contributed by atoms with E-state index < -0.39 is 7.26 Å². The van der Waals surface area contributed by atoms with Gasteiger partial charge in [0, 0.05) is 7.11 Å². The Bertz CT molecular complexity index is 802. The van der Waals surface area contributed by atoms with Crippen LogP contribution in [0.15, 0.2) is 115 Å². The molecule has 0 aliphatic heterocycles. The summed E-state index contributed by atoms with van der Waals surface area (Å²) in [4.78, 5) is 0. The van der Waals surface area contributed by atoms with Crippen LogP contribution in [0, 0.1) is 0 Å². The number of hydrogen-bond acceptors (Lipinski definition) is 1. The highest BCUT2D eigenvalue weighted by molar-refractivity contribution is 7.95. The van der Waals surface area contributed by atoms with Crippen molar-refractivity contribution in [2.45, 2.75) is 6.92 Å². The second-order valence-electron chi connectivity index (χ2n) is 6.80. The Kier molecular flexibility index (Phi) is 7.37. The molecule has 3 aromatic carbocycles. The van der Waals surface area contributed by atoms with Crippen molar-refractivity contribution in [2.24, 2.45) is 0 Å². The maximum atomic E-state index is 5.16. The Morgan fingerprint density at radius 2 is 1.18 bits per heavy atom. The summed E-state index contributed by atoms with van der Waals surface area (Å²) in [6.45, 7) is 2.77. The van der Waals surface area contributed by atoms with Gasteiger partial charge in [-0.2, -0.15) is 0 Å². The summed E-state index contributed by atoms with van der Waals surface area (Å²) in [5.41, 5.74) is 1.23. The van der Waals surface area contributed by atoms with E-state index in [1.807, 2.05) is 0 Å². The number of rotatable bonds is 8. The van der Waals surface area contributed by atoms with E-state index in [0.29, 0.717) is 6.61 Å². The summed E-state index contributed by atoms with van der Waals surface area (Å²) in [7, 11) is -0.0542. The first-order valence-electron chi connectivity index (χ1n) is 9.64. The fourth-order valence-electron chi connectivity index (χ4n) is 3.49. The summed E-state index contributed by atoms with van der Waals surface area (Å²) in [6, 6.07) is 33.0. The Labute approximate surface area is 169 Å². The Morgan fingerprint density at radius 3 is 1.57 bits per heavy atom. The van der Waals surface area contributed by atoms with Gasteiger partial charge < -0.3 is 4.74 Å². The largest absolute Gasteiger partial charge is 0.381 e. The third-order valence-corrected chi connectivity index (χ3v) is 9.22. The molecular weight excluding hydrogens is 359 g/mol. The molecule has 3 aromatic rings. The lowest BCUT2D eigenvalue weighted by Gasteiger charge is -2.26. The van der Waals surface area contributed by atoms with Gasteiger partial charge in [0.25, 0.3) is 0 Å². The van der Waals surface area contributed by atoms with E-state index >= 15 is 0 Å². The molecule has 0 aliphatic carbocycles. The maximum Gasteiger partial charge on any atom is 0.115 e. The summed E-state index contributed by atoms with van der Waals surface area (Å²) >= 11 is 0. The van der Waals surface area contributed by atoms with E-state index in [9.17, 15) is 0 Å². The van der Waals surface area contributed by atoms with Crippen molar-refractivity contribution in [1.29, 1.82) is 0 Å². The molecule has 0 N–H and O–H groups in total. The number of methoxy groups -OCH3 is 1. The van der Waals surface area contributed by atoms with E-state index in [-0.39, 0.29) is 0 Å². The third kappa shape index (κ3) is 4.68. The van der Waals surface area contributed by atoms with Gasteiger partial charge >= 0.3 is 0 Å². The second-order valence-corrected chi connectivity index (χ2v) is 10.3. The van der Waals surface area contributed by atoms with Gasteiger partial charge in [0.1, 0.15) is 23.2 Å².